The summed E-state index contributed by atoms with van der Waals surface area (Å²) < 4.78 is 61.3. The molecule has 9 nitrogen and oxygen atoms in total. The lowest BCUT2D eigenvalue weighted by Gasteiger charge is -2.29. The van der Waals surface area contributed by atoms with E-state index in [0.717, 1.165) is 0 Å². The summed E-state index contributed by atoms with van der Waals surface area (Å²) in [5, 5.41) is 16.5. The van der Waals surface area contributed by atoms with Crippen LogP contribution in [0.1, 0.15) is 36.0 Å². The molecule has 2 fully saturated rings. The predicted octanol–water partition coefficient (Wildman–Crippen LogP) is 4.69. The molecule has 0 spiro atoms. The molecule has 38 heavy (non-hydrogen) atoms. The number of ether oxygens (including phenoxy) is 1. The number of aromatic carboxylic acids is 1. The molecule has 1 aliphatic heterocycles. The van der Waals surface area contributed by atoms with Crippen molar-refractivity contribution >= 4 is 44.0 Å². The summed E-state index contributed by atoms with van der Waals surface area (Å²) in [6, 6.07) is 11.3. The van der Waals surface area contributed by atoms with Gasteiger partial charge >= 0.3 is 5.97 Å². The largest absolute Gasteiger partial charge is 0.478 e. The van der Waals surface area contributed by atoms with Crippen molar-refractivity contribution in [3.8, 4) is 0 Å². The standard InChI is InChI=1S/C26H28F2N4O5S/c27-26(28)9-7-17(8-10-26)30-18-5-6-21-20(15-18)24(31-22-4-2-1-3-19(22)25(33)34)23(16-29-21)38(35,36)32-11-13-37-14-12-32/h1-6,15-17,30H,7-14H2,(H,29,31)(H,33,34). The number of para-hydroxylation sites is 1. The van der Waals surface area contributed by atoms with Crippen molar-refractivity contribution < 1.29 is 31.8 Å². The fraction of sp³-hybridized carbons (Fsp3) is 0.385. The maximum Gasteiger partial charge on any atom is 0.337 e. The van der Waals surface area contributed by atoms with Crippen LogP contribution in [0, 0.1) is 0 Å². The molecule has 0 radical (unpaired) electrons. The molecule has 3 aromatic rings. The Bertz CT molecular complexity index is 1450. The first-order valence-corrected chi connectivity index (χ1v) is 13.8. The minimum absolute atomic E-state index is 0.0235. The Morgan fingerprint density at radius 3 is 2.53 bits per heavy atom. The number of fused-ring (bicyclic) bond motifs is 1. The zero-order valence-corrected chi connectivity index (χ0v) is 21.3. The third-order valence-corrected chi connectivity index (χ3v) is 8.84. The highest BCUT2D eigenvalue weighted by Gasteiger charge is 2.35. The number of benzene rings is 2. The van der Waals surface area contributed by atoms with Crippen LogP contribution < -0.4 is 10.6 Å². The molecular formula is C26H28F2N4O5S. The van der Waals surface area contributed by atoms with Gasteiger partial charge in [0.25, 0.3) is 0 Å². The number of carbonyl (C=O) groups is 1. The van der Waals surface area contributed by atoms with Gasteiger partial charge in [-0.15, -0.1) is 0 Å². The molecule has 1 aromatic heterocycles. The Balaban J connectivity index is 1.60. The molecule has 1 aliphatic carbocycles. The first-order valence-electron chi connectivity index (χ1n) is 12.4. The van der Waals surface area contributed by atoms with Gasteiger partial charge in [-0.2, -0.15) is 4.31 Å². The first kappa shape index (κ1) is 26.3. The summed E-state index contributed by atoms with van der Waals surface area (Å²) in [6.45, 7) is 0.886. The van der Waals surface area contributed by atoms with Gasteiger partial charge < -0.3 is 20.5 Å². The molecule has 2 aromatic carbocycles. The van der Waals surface area contributed by atoms with Crippen molar-refractivity contribution in [2.75, 3.05) is 36.9 Å². The smallest absolute Gasteiger partial charge is 0.337 e. The van der Waals surface area contributed by atoms with Gasteiger partial charge in [-0.1, -0.05) is 12.1 Å². The number of nitrogens with one attached hydrogen (secondary N) is 2. The Morgan fingerprint density at radius 2 is 1.82 bits per heavy atom. The Kier molecular flexibility index (Phi) is 7.21. The van der Waals surface area contributed by atoms with E-state index in [1.165, 1.54) is 16.6 Å². The van der Waals surface area contributed by atoms with Gasteiger partial charge in [0.1, 0.15) is 4.90 Å². The van der Waals surface area contributed by atoms with Crippen molar-refractivity contribution in [1.82, 2.24) is 9.29 Å². The highest BCUT2D eigenvalue weighted by Crippen LogP contribution is 2.38. The third-order valence-electron chi connectivity index (χ3n) is 6.93. The van der Waals surface area contributed by atoms with E-state index in [0.29, 0.717) is 29.4 Å². The molecule has 202 valence electrons. The number of nitrogens with zero attached hydrogens (tertiary/aromatic N) is 2. The second-order valence-electron chi connectivity index (χ2n) is 9.50. The number of hydrogen-bond acceptors (Lipinski definition) is 7. The van der Waals surface area contributed by atoms with Crippen molar-refractivity contribution in [2.45, 2.75) is 42.5 Å². The summed E-state index contributed by atoms with van der Waals surface area (Å²) in [7, 11) is -4.01. The van der Waals surface area contributed by atoms with E-state index in [1.54, 1.807) is 36.4 Å². The number of carboxylic acids is 1. The zero-order valence-electron chi connectivity index (χ0n) is 20.5. The number of aromatic nitrogens is 1. The zero-order chi connectivity index (χ0) is 26.9. The Morgan fingerprint density at radius 1 is 1.11 bits per heavy atom. The van der Waals surface area contributed by atoms with E-state index >= 15 is 0 Å². The molecule has 12 heteroatoms. The molecule has 5 rings (SSSR count). The molecule has 1 saturated heterocycles. The molecule has 1 saturated carbocycles. The van der Waals surface area contributed by atoms with Gasteiger partial charge in [-0.25, -0.2) is 22.0 Å². The van der Waals surface area contributed by atoms with Crippen LogP contribution in [0.5, 0.6) is 0 Å². The summed E-state index contributed by atoms with van der Waals surface area (Å²) in [6.07, 6.45) is 1.51. The fourth-order valence-electron chi connectivity index (χ4n) is 4.85. The van der Waals surface area contributed by atoms with E-state index in [1.807, 2.05) is 0 Å². The number of rotatable bonds is 7. The van der Waals surface area contributed by atoms with Crippen LogP contribution in [0.4, 0.5) is 25.8 Å². The summed E-state index contributed by atoms with van der Waals surface area (Å²) in [5.74, 6) is -3.82. The number of halogens is 2. The predicted molar refractivity (Wildman–Crippen MR) is 139 cm³/mol. The topological polar surface area (TPSA) is 121 Å². The van der Waals surface area contributed by atoms with Gasteiger partial charge in [0.15, 0.2) is 0 Å². The lowest BCUT2D eigenvalue weighted by atomic mass is 9.92. The lowest BCUT2D eigenvalue weighted by molar-refractivity contribution is -0.0360. The van der Waals surface area contributed by atoms with Crippen molar-refractivity contribution in [3.63, 3.8) is 0 Å². The summed E-state index contributed by atoms with van der Waals surface area (Å²) in [5.41, 5.74) is 1.50. The molecule has 0 bridgehead atoms. The van der Waals surface area contributed by atoms with Crippen LogP contribution in [0.3, 0.4) is 0 Å². The lowest BCUT2D eigenvalue weighted by Crippen LogP contribution is -2.40. The second-order valence-corrected chi connectivity index (χ2v) is 11.4. The van der Waals surface area contributed by atoms with Crippen molar-refractivity contribution in [3.05, 3.63) is 54.2 Å². The average molecular weight is 547 g/mol. The van der Waals surface area contributed by atoms with E-state index < -0.39 is 21.9 Å². The van der Waals surface area contributed by atoms with Crippen LogP contribution in [-0.4, -0.2) is 67.1 Å². The molecule has 0 amide bonds. The summed E-state index contributed by atoms with van der Waals surface area (Å²) in [4.78, 5) is 16.2. The SMILES string of the molecule is O=C(O)c1ccccc1Nc1c(S(=O)(=O)N2CCOCC2)cnc2ccc(NC3CCC(F)(F)CC3)cc12. The molecule has 2 aliphatic rings. The Hall–Kier alpha value is -3.35. The van der Waals surface area contributed by atoms with Gasteiger partial charge in [0.2, 0.25) is 15.9 Å². The van der Waals surface area contributed by atoms with Gasteiger partial charge in [-0.05, 0) is 43.2 Å². The molecule has 2 heterocycles. The summed E-state index contributed by atoms with van der Waals surface area (Å²) >= 11 is 0. The van der Waals surface area contributed by atoms with Crippen LogP contribution in [0.15, 0.2) is 53.6 Å². The monoisotopic (exact) mass is 546 g/mol. The highest BCUT2D eigenvalue weighted by molar-refractivity contribution is 7.89. The number of pyridine rings is 1. The van der Waals surface area contributed by atoms with E-state index in [9.17, 15) is 27.1 Å². The van der Waals surface area contributed by atoms with E-state index in [4.69, 9.17) is 4.74 Å². The van der Waals surface area contributed by atoms with Gasteiger partial charge in [0.05, 0.1) is 35.7 Å². The Labute approximate surface area is 218 Å². The number of morpholine rings is 1. The van der Waals surface area contributed by atoms with E-state index in [2.05, 4.69) is 15.6 Å². The maximum absolute atomic E-state index is 13.7. The number of alkyl halides is 2. The minimum atomic E-state index is -4.01. The number of sulfonamides is 1. The number of hydrogen-bond donors (Lipinski definition) is 3. The van der Waals surface area contributed by atoms with Crippen molar-refractivity contribution in [1.29, 1.82) is 0 Å². The van der Waals surface area contributed by atoms with Crippen LogP contribution >= 0.6 is 0 Å². The second kappa shape index (κ2) is 10.4. The normalized spacial score (nSPS) is 18.8. The molecule has 0 unspecified atom stereocenters. The average Bonchev–Trinajstić information content (AvgIpc) is 2.91. The maximum atomic E-state index is 13.7. The molecule has 0 atom stereocenters. The van der Waals surface area contributed by atoms with Crippen LogP contribution in [0.2, 0.25) is 0 Å². The quantitative estimate of drug-likeness (QED) is 0.391. The van der Waals surface area contributed by atoms with Crippen LogP contribution in [-0.2, 0) is 14.8 Å². The molecular weight excluding hydrogens is 518 g/mol. The fourth-order valence-corrected chi connectivity index (χ4v) is 6.36. The van der Waals surface area contributed by atoms with E-state index in [-0.39, 0.29) is 67.0 Å². The highest BCUT2D eigenvalue weighted by atomic mass is 32.2. The minimum Gasteiger partial charge on any atom is -0.478 e. The van der Waals surface area contributed by atoms with Gasteiger partial charge in [0, 0.05) is 49.2 Å². The number of carboxylic acid groups (broad SMARTS) is 1. The van der Waals surface area contributed by atoms with Crippen LogP contribution in [0.25, 0.3) is 10.9 Å². The first-order chi connectivity index (χ1) is 18.1. The number of anilines is 3. The molecule has 3 N–H and O–H groups in total. The van der Waals surface area contributed by atoms with Gasteiger partial charge in [-0.3, -0.25) is 4.98 Å². The van der Waals surface area contributed by atoms with Crippen molar-refractivity contribution in [2.24, 2.45) is 0 Å². The third kappa shape index (κ3) is 5.42.